The molecule has 2 aromatic heterocycles. The SMILES string of the molecule is C.F.F.F.F.O=C(CCc1nc2ccccc2[nH]1)NCCCNCCCNCCCNC(=O)CCc1nc2ccccc2[nH]1. The van der Waals surface area contributed by atoms with Crippen LogP contribution in [0, 0.1) is 0 Å². The Bertz CT molecular complexity index is 1170. The topological polar surface area (TPSA) is 140 Å². The Balaban J connectivity index is 0. The molecule has 2 aromatic carbocycles. The standard InChI is InChI=1S/C29H40N8O2.CH4.4FH/c38-28(14-12-26-34-22-8-1-2-9-23(22)35-26)32-20-6-18-30-16-5-17-31-19-7-21-33-29(39)15-13-27-36-24-10-3-4-11-25(24)37-27;;;;;/h1-4,8-11,30-31H,5-7,12-21H2,(H,32,38)(H,33,39)(H,34,35)(H,36,37);1H4;4*1H. The third kappa shape index (κ3) is 14.4. The fourth-order valence-electron chi connectivity index (χ4n) is 4.36. The highest BCUT2D eigenvalue weighted by atomic mass is 19.0. The Kier molecular flexibility index (Phi) is 22.4. The number of fused-ring (bicyclic) bond motifs is 2. The van der Waals surface area contributed by atoms with E-state index in [1.807, 2.05) is 48.5 Å². The zero-order valence-electron chi connectivity index (χ0n) is 24.2. The number of rotatable bonds is 18. The lowest BCUT2D eigenvalue weighted by molar-refractivity contribution is -0.121. The number of amides is 2. The van der Waals surface area contributed by atoms with Crippen LogP contribution in [-0.4, -0.2) is 71.0 Å². The van der Waals surface area contributed by atoms with Crippen molar-refractivity contribution in [3.05, 3.63) is 60.2 Å². The van der Waals surface area contributed by atoms with Gasteiger partial charge in [-0.3, -0.25) is 28.4 Å². The molecule has 0 saturated heterocycles. The molecular formula is C30H48F4N8O2. The first-order chi connectivity index (χ1) is 19.2. The second kappa shape index (κ2) is 23.4. The number of benzene rings is 2. The largest absolute Gasteiger partial charge is 0.356 e. The van der Waals surface area contributed by atoms with Gasteiger partial charge in [0.1, 0.15) is 11.6 Å². The van der Waals surface area contributed by atoms with Gasteiger partial charge in [0.25, 0.3) is 0 Å². The molecule has 44 heavy (non-hydrogen) atoms. The number of carbonyl (C=O) groups excluding carboxylic acids is 2. The third-order valence-corrected chi connectivity index (χ3v) is 6.47. The zero-order chi connectivity index (χ0) is 27.1. The molecule has 0 bridgehead atoms. The van der Waals surface area contributed by atoms with Crippen molar-refractivity contribution < 1.29 is 28.4 Å². The van der Waals surface area contributed by atoms with Crippen molar-refractivity contribution in [3.63, 3.8) is 0 Å². The average Bonchev–Trinajstić information content (AvgIpc) is 3.56. The van der Waals surface area contributed by atoms with Crippen LogP contribution in [0.4, 0.5) is 18.8 Å². The Morgan fingerprint density at radius 3 is 1.32 bits per heavy atom. The second-order valence-electron chi connectivity index (χ2n) is 9.66. The highest BCUT2D eigenvalue weighted by molar-refractivity contribution is 5.78. The maximum atomic E-state index is 12.1. The number of aromatic amines is 2. The lowest BCUT2D eigenvalue weighted by Crippen LogP contribution is -2.29. The molecule has 0 unspecified atom stereocenters. The fourth-order valence-corrected chi connectivity index (χ4v) is 4.36. The molecule has 4 aromatic rings. The van der Waals surface area contributed by atoms with E-state index in [-0.39, 0.29) is 38.1 Å². The molecule has 0 aliphatic heterocycles. The Hall–Kier alpha value is -4.04. The van der Waals surface area contributed by atoms with E-state index in [0.717, 1.165) is 79.2 Å². The van der Waals surface area contributed by atoms with Gasteiger partial charge >= 0.3 is 0 Å². The predicted octanol–water partition coefficient (Wildman–Crippen LogP) is 3.83. The second-order valence-corrected chi connectivity index (χ2v) is 9.66. The fraction of sp³-hybridized carbons (Fsp3) is 0.467. The molecule has 0 saturated carbocycles. The van der Waals surface area contributed by atoms with Crippen LogP contribution in [-0.2, 0) is 22.4 Å². The van der Waals surface area contributed by atoms with Gasteiger partial charge in [-0.2, -0.15) is 0 Å². The van der Waals surface area contributed by atoms with Gasteiger partial charge in [0.2, 0.25) is 11.8 Å². The molecule has 6 N–H and O–H groups in total. The number of nitrogens with zero attached hydrogens (tertiary/aromatic N) is 2. The van der Waals surface area contributed by atoms with E-state index in [2.05, 4.69) is 41.2 Å². The quantitative estimate of drug-likeness (QED) is 0.0732. The predicted molar refractivity (Wildman–Crippen MR) is 171 cm³/mol. The van der Waals surface area contributed by atoms with Crippen LogP contribution in [0.2, 0.25) is 0 Å². The Labute approximate surface area is 255 Å². The van der Waals surface area contributed by atoms with Crippen molar-refractivity contribution in [2.45, 2.75) is 52.4 Å². The minimum atomic E-state index is 0. The van der Waals surface area contributed by atoms with Crippen molar-refractivity contribution in [1.29, 1.82) is 0 Å². The summed E-state index contributed by atoms with van der Waals surface area (Å²) in [5.41, 5.74) is 3.88. The third-order valence-electron chi connectivity index (χ3n) is 6.47. The summed E-state index contributed by atoms with van der Waals surface area (Å²) in [5.74, 6) is 1.81. The number of hydrogen-bond acceptors (Lipinski definition) is 6. The molecule has 0 aliphatic rings. The number of aromatic nitrogens is 4. The number of carbonyl (C=O) groups is 2. The van der Waals surface area contributed by atoms with Gasteiger partial charge in [-0.15, -0.1) is 0 Å². The van der Waals surface area contributed by atoms with Gasteiger partial charge in [-0.1, -0.05) is 31.7 Å². The number of H-pyrrole nitrogens is 2. The summed E-state index contributed by atoms with van der Waals surface area (Å²) in [5, 5.41) is 12.8. The van der Waals surface area contributed by atoms with Gasteiger partial charge in [0.15, 0.2) is 0 Å². The summed E-state index contributed by atoms with van der Waals surface area (Å²) in [4.78, 5) is 39.7. The van der Waals surface area contributed by atoms with E-state index in [4.69, 9.17) is 0 Å². The summed E-state index contributed by atoms with van der Waals surface area (Å²) in [7, 11) is 0. The van der Waals surface area contributed by atoms with Gasteiger partial charge in [-0.05, 0) is 69.7 Å². The van der Waals surface area contributed by atoms with Crippen LogP contribution in [0.25, 0.3) is 22.1 Å². The molecule has 0 fully saturated rings. The summed E-state index contributed by atoms with van der Waals surface area (Å²) in [6, 6.07) is 15.8. The maximum Gasteiger partial charge on any atom is 0.220 e. The van der Waals surface area contributed by atoms with E-state index in [0.29, 0.717) is 38.8 Å². The minimum absolute atomic E-state index is 0. The summed E-state index contributed by atoms with van der Waals surface area (Å²) < 4.78 is 0. The lowest BCUT2D eigenvalue weighted by atomic mass is 10.3. The monoisotopic (exact) mass is 628 g/mol. The van der Waals surface area contributed by atoms with Gasteiger partial charge in [0.05, 0.1) is 22.1 Å². The molecule has 2 amide bonds. The number of aryl methyl sites for hydroxylation is 2. The van der Waals surface area contributed by atoms with Crippen LogP contribution in [0.5, 0.6) is 0 Å². The molecule has 10 nitrogen and oxygen atoms in total. The van der Waals surface area contributed by atoms with Crippen molar-refractivity contribution >= 4 is 33.9 Å². The van der Waals surface area contributed by atoms with Crippen molar-refractivity contribution in [2.75, 3.05) is 39.3 Å². The molecule has 0 atom stereocenters. The van der Waals surface area contributed by atoms with Crippen LogP contribution >= 0.6 is 0 Å². The molecule has 2 heterocycles. The number of para-hydroxylation sites is 4. The lowest BCUT2D eigenvalue weighted by Gasteiger charge is -2.08. The van der Waals surface area contributed by atoms with Crippen LogP contribution in [0.1, 0.15) is 51.2 Å². The van der Waals surface area contributed by atoms with Gasteiger partial charge in [-0.25, -0.2) is 9.97 Å². The summed E-state index contributed by atoms with van der Waals surface area (Å²) >= 11 is 0. The molecule has 4 rings (SSSR count). The first kappa shape index (κ1) is 42.1. The molecule has 14 heteroatoms. The van der Waals surface area contributed by atoms with E-state index in [1.54, 1.807) is 0 Å². The molecule has 248 valence electrons. The number of imidazole rings is 2. The summed E-state index contributed by atoms with van der Waals surface area (Å²) in [6.07, 6.45) is 4.94. The number of halogens is 4. The molecule has 0 aliphatic carbocycles. The number of nitrogens with one attached hydrogen (secondary N) is 6. The Morgan fingerprint density at radius 1 is 0.568 bits per heavy atom. The van der Waals surface area contributed by atoms with Crippen LogP contribution in [0.15, 0.2) is 48.5 Å². The molecule has 0 radical (unpaired) electrons. The average molecular weight is 629 g/mol. The van der Waals surface area contributed by atoms with E-state index in [9.17, 15) is 9.59 Å². The highest BCUT2D eigenvalue weighted by Crippen LogP contribution is 2.12. The van der Waals surface area contributed by atoms with Gasteiger partial charge < -0.3 is 31.2 Å². The van der Waals surface area contributed by atoms with E-state index < -0.39 is 0 Å². The van der Waals surface area contributed by atoms with Crippen molar-refractivity contribution in [1.82, 2.24) is 41.2 Å². The molecule has 0 spiro atoms. The summed E-state index contributed by atoms with van der Waals surface area (Å²) in [6.45, 7) is 4.98. The minimum Gasteiger partial charge on any atom is -0.356 e. The molecular weight excluding hydrogens is 580 g/mol. The van der Waals surface area contributed by atoms with E-state index >= 15 is 0 Å². The smallest absolute Gasteiger partial charge is 0.220 e. The first-order valence-corrected chi connectivity index (χ1v) is 14.0. The van der Waals surface area contributed by atoms with Crippen molar-refractivity contribution in [3.8, 4) is 0 Å². The van der Waals surface area contributed by atoms with Crippen molar-refractivity contribution in [2.24, 2.45) is 0 Å². The van der Waals surface area contributed by atoms with E-state index in [1.165, 1.54) is 0 Å². The Morgan fingerprint density at radius 2 is 0.932 bits per heavy atom. The van der Waals surface area contributed by atoms with Gasteiger partial charge in [0, 0.05) is 38.8 Å². The van der Waals surface area contributed by atoms with Crippen LogP contribution < -0.4 is 21.3 Å². The first-order valence-electron chi connectivity index (χ1n) is 14.0. The normalized spacial score (nSPS) is 10.0. The maximum absolute atomic E-state index is 12.1. The highest BCUT2D eigenvalue weighted by Gasteiger charge is 2.07. The zero-order valence-corrected chi connectivity index (χ0v) is 24.2. The number of hydrogen-bond donors (Lipinski definition) is 6. The van der Waals surface area contributed by atoms with Crippen LogP contribution in [0.3, 0.4) is 0 Å².